The van der Waals surface area contributed by atoms with Gasteiger partial charge in [0.2, 0.25) is 5.91 Å². The van der Waals surface area contributed by atoms with Gasteiger partial charge in [-0.05, 0) is 37.1 Å². The first kappa shape index (κ1) is 15.0. The van der Waals surface area contributed by atoms with E-state index in [9.17, 15) is 14.4 Å². The van der Waals surface area contributed by atoms with E-state index >= 15 is 0 Å². The van der Waals surface area contributed by atoms with Crippen molar-refractivity contribution in [2.75, 3.05) is 13.1 Å². The average Bonchev–Trinajstić information content (AvgIpc) is 2.46. The summed E-state index contributed by atoms with van der Waals surface area (Å²) in [5, 5.41) is 11.7. The van der Waals surface area contributed by atoms with Crippen molar-refractivity contribution >= 4 is 17.8 Å². The van der Waals surface area contributed by atoms with Crippen LogP contribution >= 0.6 is 0 Å². The Morgan fingerprint density at radius 2 is 1.81 bits per heavy atom. The molecule has 1 aliphatic rings. The maximum atomic E-state index is 12.4. The molecule has 1 heterocycles. The van der Waals surface area contributed by atoms with Crippen LogP contribution in [0.15, 0.2) is 24.3 Å². The number of hydrogen-bond acceptors (Lipinski definition) is 3. The number of carbonyl (C=O) groups excluding carboxylic acids is 2. The van der Waals surface area contributed by atoms with E-state index in [-0.39, 0.29) is 23.4 Å². The standard InChI is InChI=1S/C15H18N2O4/c1-10(18)16-13-3-2-8-17(9-13)14(19)11-4-6-12(7-5-11)15(20)21/h4-7,13H,2-3,8-9H2,1H3,(H,16,18)(H,20,21)/t13-/m1/s1. The van der Waals surface area contributed by atoms with Crippen LogP contribution in [0.25, 0.3) is 0 Å². The van der Waals surface area contributed by atoms with E-state index in [1.807, 2.05) is 0 Å². The first-order valence-corrected chi connectivity index (χ1v) is 6.87. The third kappa shape index (κ3) is 3.81. The van der Waals surface area contributed by atoms with Gasteiger partial charge in [0.1, 0.15) is 0 Å². The minimum atomic E-state index is -1.02. The Morgan fingerprint density at radius 3 is 2.38 bits per heavy atom. The molecule has 0 aromatic heterocycles. The molecule has 1 atom stereocenters. The monoisotopic (exact) mass is 290 g/mol. The first-order chi connectivity index (χ1) is 9.97. The number of rotatable bonds is 3. The van der Waals surface area contributed by atoms with Crippen molar-refractivity contribution in [2.24, 2.45) is 0 Å². The molecule has 0 spiro atoms. The summed E-state index contributed by atoms with van der Waals surface area (Å²) in [6, 6.07) is 5.87. The quantitative estimate of drug-likeness (QED) is 0.873. The van der Waals surface area contributed by atoms with Crippen molar-refractivity contribution in [3.63, 3.8) is 0 Å². The zero-order valence-electron chi connectivity index (χ0n) is 11.8. The molecule has 1 aromatic carbocycles. The van der Waals surface area contributed by atoms with Gasteiger partial charge >= 0.3 is 5.97 Å². The van der Waals surface area contributed by atoms with Crippen LogP contribution < -0.4 is 5.32 Å². The molecule has 2 rings (SSSR count). The third-order valence-electron chi connectivity index (χ3n) is 3.49. The predicted molar refractivity (Wildman–Crippen MR) is 76.1 cm³/mol. The number of nitrogens with zero attached hydrogens (tertiary/aromatic N) is 1. The van der Waals surface area contributed by atoms with Crippen LogP contribution in [0.5, 0.6) is 0 Å². The molecule has 2 amide bonds. The minimum absolute atomic E-state index is 0.0153. The van der Waals surface area contributed by atoms with E-state index in [1.54, 1.807) is 4.90 Å². The van der Waals surface area contributed by atoms with Gasteiger partial charge in [0.05, 0.1) is 5.56 Å². The lowest BCUT2D eigenvalue weighted by molar-refractivity contribution is -0.120. The lowest BCUT2D eigenvalue weighted by Crippen LogP contribution is -2.49. The molecule has 1 aliphatic heterocycles. The maximum absolute atomic E-state index is 12.4. The Morgan fingerprint density at radius 1 is 1.19 bits per heavy atom. The van der Waals surface area contributed by atoms with E-state index in [2.05, 4.69) is 5.32 Å². The smallest absolute Gasteiger partial charge is 0.335 e. The van der Waals surface area contributed by atoms with Gasteiger partial charge in [-0.25, -0.2) is 4.79 Å². The number of hydrogen-bond donors (Lipinski definition) is 2. The predicted octanol–water partition coefficient (Wildman–Crippen LogP) is 1.13. The largest absolute Gasteiger partial charge is 0.478 e. The molecule has 0 saturated carbocycles. The molecule has 0 aliphatic carbocycles. The lowest BCUT2D eigenvalue weighted by Gasteiger charge is -2.33. The van der Waals surface area contributed by atoms with Gasteiger partial charge in [0.25, 0.3) is 5.91 Å². The van der Waals surface area contributed by atoms with E-state index in [0.29, 0.717) is 18.7 Å². The maximum Gasteiger partial charge on any atom is 0.335 e. The van der Waals surface area contributed by atoms with Crippen LogP contribution in [0, 0.1) is 0 Å². The fraction of sp³-hybridized carbons (Fsp3) is 0.400. The Hall–Kier alpha value is -2.37. The highest BCUT2D eigenvalue weighted by atomic mass is 16.4. The molecule has 1 saturated heterocycles. The second kappa shape index (κ2) is 6.39. The summed E-state index contributed by atoms with van der Waals surface area (Å²) >= 11 is 0. The summed E-state index contributed by atoms with van der Waals surface area (Å²) in [6.45, 7) is 2.60. The molecular formula is C15H18N2O4. The molecule has 0 bridgehead atoms. The molecule has 21 heavy (non-hydrogen) atoms. The Labute approximate surface area is 122 Å². The number of piperidine rings is 1. The van der Waals surface area contributed by atoms with Crippen LogP contribution in [0.4, 0.5) is 0 Å². The highest BCUT2D eigenvalue weighted by molar-refractivity contribution is 5.96. The van der Waals surface area contributed by atoms with Gasteiger partial charge in [-0.3, -0.25) is 9.59 Å². The van der Waals surface area contributed by atoms with Crippen molar-refractivity contribution in [3.8, 4) is 0 Å². The van der Waals surface area contributed by atoms with Crippen LogP contribution in [0.3, 0.4) is 0 Å². The van der Waals surface area contributed by atoms with E-state index in [1.165, 1.54) is 31.2 Å². The number of carbonyl (C=O) groups is 3. The first-order valence-electron chi connectivity index (χ1n) is 6.87. The number of aromatic carboxylic acids is 1. The van der Waals surface area contributed by atoms with Crippen LogP contribution in [-0.2, 0) is 4.79 Å². The highest BCUT2D eigenvalue weighted by Crippen LogP contribution is 2.14. The second-order valence-electron chi connectivity index (χ2n) is 5.17. The fourth-order valence-electron chi connectivity index (χ4n) is 2.50. The van der Waals surface area contributed by atoms with Crippen molar-refractivity contribution in [2.45, 2.75) is 25.8 Å². The second-order valence-corrected chi connectivity index (χ2v) is 5.17. The molecule has 0 radical (unpaired) electrons. The summed E-state index contributed by atoms with van der Waals surface area (Å²) < 4.78 is 0. The number of benzene rings is 1. The molecule has 1 aromatic rings. The molecule has 6 heteroatoms. The van der Waals surface area contributed by atoms with Crippen molar-refractivity contribution in [1.82, 2.24) is 10.2 Å². The normalized spacial score (nSPS) is 18.1. The third-order valence-corrected chi connectivity index (χ3v) is 3.49. The van der Waals surface area contributed by atoms with Gasteiger partial charge < -0.3 is 15.3 Å². The Balaban J connectivity index is 2.04. The molecule has 6 nitrogen and oxygen atoms in total. The van der Waals surface area contributed by atoms with Crippen LogP contribution in [0.1, 0.15) is 40.5 Å². The lowest BCUT2D eigenvalue weighted by atomic mass is 10.0. The zero-order chi connectivity index (χ0) is 15.4. The van der Waals surface area contributed by atoms with E-state index < -0.39 is 5.97 Å². The summed E-state index contributed by atoms with van der Waals surface area (Å²) in [7, 11) is 0. The fourth-order valence-corrected chi connectivity index (χ4v) is 2.50. The van der Waals surface area contributed by atoms with Crippen LogP contribution in [0.2, 0.25) is 0 Å². The van der Waals surface area contributed by atoms with Gasteiger partial charge in [0, 0.05) is 31.6 Å². The van der Waals surface area contributed by atoms with Gasteiger partial charge in [-0.2, -0.15) is 0 Å². The van der Waals surface area contributed by atoms with Crippen LogP contribution in [-0.4, -0.2) is 46.9 Å². The molecular weight excluding hydrogens is 272 g/mol. The molecule has 112 valence electrons. The Kier molecular flexibility index (Phi) is 4.57. The van der Waals surface area contributed by atoms with Gasteiger partial charge in [-0.1, -0.05) is 0 Å². The minimum Gasteiger partial charge on any atom is -0.478 e. The summed E-state index contributed by atoms with van der Waals surface area (Å²) in [4.78, 5) is 36.0. The number of nitrogens with one attached hydrogen (secondary N) is 1. The molecule has 1 fully saturated rings. The van der Waals surface area contributed by atoms with E-state index in [0.717, 1.165) is 12.8 Å². The summed E-state index contributed by atoms with van der Waals surface area (Å²) in [5.74, 6) is -1.25. The summed E-state index contributed by atoms with van der Waals surface area (Å²) in [5.41, 5.74) is 0.616. The summed E-state index contributed by atoms with van der Waals surface area (Å²) in [6.07, 6.45) is 1.70. The van der Waals surface area contributed by atoms with Gasteiger partial charge in [-0.15, -0.1) is 0 Å². The SMILES string of the molecule is CC(=O)N[C@@H]1CCCN(C(=O)c2ccc(C(=O)O)cc2)C1. The highest BCUT2D eigenvalue weighted by Gasteiger charge is 2.24. The van der Waals surface area contributed by atoms with Crippen molar-refractivity contribution in [3.05, 3.63) is 35.4 Å². The Bertz CT molecular complexity index is 553. The number of carboxylic acid groups (broad SMARTS) is 1. The number of likely N-dealkylation sites (tertiary alicyclic amines) is 1. The zero-order valence-corrected chi connectivity index (χ0v) is 11.8. The molecule has 2 N–H and O–H groups in total. The van der Waals surface area contributed by atoms with Crippen molar-refractivity contribution in [1.29, 1.82) is 0 Å². The average molecular weight is 290 g/mol. The topological polar surface area (TPSA) is 86.7 Å². The number of amides is 2. The molecule has 0 unspecified atom stereocenters. The van der Waals surface area contributed by atoms with Crippen molar-refractivity contribution < 1.29 is 19.5 Å². The van der Waals surface area contributed by atoms with Gasteiger partial charge in [0.15, 0.2) is 0 Å². The number of carboxylic acids is 1. The van der Waals surface area contributed by atoms with E-state index in [4.69, 9.17) is 5.11 Å².